The van der Waals surface area contributed by atoms with Gasteiger partial charge in [0.25, 0.3) is 5.91 Å². The van der Waals surface area contributed by atoms with Crippen molar-refractivity contribution in [1.29, 1.82) is 0 Å². The average molecular weight is 297 g/mol. The molecule has 0 saturated carbocycles. The van der Waals surface area contributed by atoms with Crippen molar-refractivity contribution in [2.75, 3.05) is 39.8 Å². The van der Waals surface area contributed by atoms with Gasteiger partial charge in [-0.15, -0.1) is 5.10 Å². The largest absolute Gasteiger partial charge is 0.339 e. The SMILES string of the molecule is CCc1nnsc1C(=O)N(C)CC(=O)N1CCNCC1. The molecule has 0 unspecified atom stereocenters. The molecule has 0 atom stereocenters. The van der Waals surface area contributed by atoms with Gasteiger partial charge < -0.3 is 15.1 Å². The maximum atomic E-state index is 12.3. The molecule has 2 amide bonds. The zero-order chi connectivity index (χ0) is 14.5. The van der Waals surface area contributed by atoms with Gasteiger partial charge in [-0.25, -0.2) is 0 Å². The molecule has 1 aromatic rings. The quantitative estimate of drug-likeness (QED) is 0.818. The molecule has 0 aromatic carbocycles. The van der Waals surface area contributed by atoms with Crippen molar-refractivity contribution in [3.05, 3.63) is 10.6 Å². The highest BCUT2D eigenvalue weighted by molar-refractivity contribution is 7.08. The van der Waals surface area contributed by atoms with Crippen LogP contribution in [0.3, 0.4) is 0 Å². The Morgan fingerprint density at radius 3 is 2.75 bits per heavy atom. The summed E-state index contributed by atoms with van der Waals surface area (Å²) in [7, 11) is 1.64. The number of nitrogens with zero attached hydrogens (tertiary/aromatic N) is 4. The Labute approximate surface area is 122 Å². The minimum absolute atomic E-state index is 0.0159. The molecule has 1 fully saturated rings. The Morgan fingerprint density at radius 2 is 2.10 bits per heavy atom. The third-order valence-electron chi connectivity index (χ3n) is 3.27. The minimum atomic E-state index is -0.180. The zero-order valence-corrected chi connectivity index (χ0v) is 12.6. The molecular weight excluding hydrogens is 278 g/mol. The molecule has 0 aliphatic carbocycles. The second-order valence-electron chi connectivity index (χ2n) is 4.69. The van der Waals surface area contributed by atoms with E-state index >= 15 is 0 Å². The maximum Gasteiger partial charge on any atom is 0.267 e. The molecular formula is C12H19N5O2S. The molecule has 7 nitrogen and oxygen atoms in total. The number of nitrogens with one attached hydrogen (secondary N) is 1. The van der Waals surface area contributed by atoms with E-state index in [1.54, 1.807) is 11.9 Å². The fraction of sp³-hybridized carbons (Fsp3) is 0.667. The number of likely N-dealkylation sites (N-methyl/N-ethyl adjacent to an activating group) is 1. The van der Waals surface area contributed by atoms with Gasteiger partial charge >= 0.3 is 0 Å². The summed E-state index contributed by atoms with van der Waals surface area (Å²) in [6.07, 6.45) is 0.664. The van der Waals surface area contributed by atoms with E-state index in [1.807, 2.05) is 6.92 Å². The first kappa shape index (κ1) is 14.9. The van der Waals surface area contributed by atoms with Crippen molar-refractivity contribution in [2.24, 2.45) is 0 Å². The summed E-state index contributed by atoms with van der Waals surface area (Å²) >= 11 is 1.09. The normalized spacial score (nSPS) is 15.2. The zero-order valence-electron chi connectivity index (χ0n) is 11.8. The van der Waals surface area contributed by atoms with Crippen molar-refractivity contribution < 1.29 is 9.59 Å². The molecule has 1 aromatic heterocycles. The summed E-state index contributed by atoms with van der Waals surface area (Å²) in [6.45, 7) is 5.04. The fourth-order valence-electron chi connectivity index (χ4n) is 2.06. The second kappa shape index (κ2) is 6.76. The van der Waals surface area contributed by atoms with Crippen LogP contribution in [0, 0.1) is 0 Å². The lowest BCUT2D eigenvalue weighted by molar-refractivity contribution is -0.132. The summed E-state index contributed by atoms with van der Waals surface area (Å²) in [5, 5.41) is 7.12. The Bertz CT molecular complexity index is 484. The maximum absolute atomic E-state index is 12.3. The van der Waals surface area contributed by atoms with Crippen LogP contribution < -0.4 is 5.32 Å². The number of aromatic nitrogens is 2. The monoisotopic (exact) mass is 297 g/mol. The lowest BCUT2D eigenvalue weighted by Gasteiger charge is -2.29. The highest BCUT2D eigenvalue weighted by Gasteiger charge is 2.23. The number of aryl methyl sites for hydroxylation is 1. The van der Waals surface area contributed by atoms with Crippen LogP contribution in [0.25, 0.3) is 0 Å². The number of rotatable bonds is 4. The minimum Gasteiger partial charge on any atom is -0.339 e. The number of hydrogen-bond acceptors (Lipinski definition) is 6. The van der Waals surface area contributed by atoms with E-state index in [2.05, 4.69) is 14.9 Å². The number of piperazine rings is 1. The molecule has 1 aliphatic rings. The van der Waals surface area contributed by atoms with Crippen LogP contribution >= 0.6 is 11.5 Å². The van der Waals surface area contributed by atoms with Crippen molar-refractivity contribution in [2.45, 2.75) is 13.3 Å². The molecule has 0 spiro atoms. The molecule has 1 N–H and O–H groups in total. The van der Waals surface area contributed by atoms with Gasteiger partial charge in [-0.05, 0) is 18.0 Å². The van der Waals surface area contributed by atoms with Gasteiger partial charge in [-0.2, -0.15) is 0 Å². The van der Waals surface area contributed by atoms with Crippen molar-refractivity contribution >= 4 is 23.3 Å². The third kappa shape index (κ3) is 3.31. The van der Waals surface area contributed by atoms with Crippen LogP contribution in [0.4, 0.5) is 0 Å². The molecule has 2 rings (SSSR count). The molecule has 0 bridgehead atoms. The molecule has 1 aliphatic heterocycles. The van der Waals surface area contributed by atoms with E-state index in [0.29, 0.717) is 30.1 Å². The fourth-order valence-corrected chi connectivity index (χ4v) is 2.81. The summed E-state index contributed by atoms with van der Waals surface area (Å²) in [6, 6.07) is 0. The summed E-state index contributed by atoms with van der Waals surface area (Å²) in [4.78, 5) is 28.1. The molecule has 20 heavy (non-hydrogen) atoms. The van der Waals surface area contributed by atoms with Crippen LogP contribution in [0.2, 0.25) is 0 Å². The van der Waals surface area contributed by atoms with E-state index in [9.17, 15) is 9.59 Å². The molecule has 110 valence electrons. The Balaban J connectivity index is 1.95. The first-order valence-electron chi connectivity index (χ1n) is 6.68. The van der Waals surface area contributed by atoms with Gasteiger partial charge in [-0.3, -0.25) is 9.59 Å². The highest BCUT2D eigenvalue weighted by Crippen LogP contribution is 2.13. The molecule has 0 radical (unpaired) electrons. The van der Waals surface area contributed by atoms with Crippen LogP contribution in [-0.4, -0.2) is 71.0 Å². The van der Waals surface area contributed by atoms with Crippen LogP contribution in [0.5, 0.6) is 0 Å². The Kier molecular flexibility index (Phi) is 5.02. The number of carbonyl (C=O) groups is 2. The smallest absolute Gasteiger partial charge is 0.267 e. The van der Waals surface area contributed by atoms with Crippen LogP contribution in [-0.2, 0) is 11.2 Å². The number of amides is 2. The van der Waals surface area contributed by atoms with E-state index in [0.717, 1.165) is 24.6 Å². The van der Waals surface area contributed by atoms with Gasteiger partial charge in [-0.1, -0.05) is 11.4 Å². The topological polar surface area (TPSA) is 78.4 Å². The first-order chi connectivity index (χ1) is 9.63. The standard InChI is InChI=1S/C12H19N5O2S/c1-3-9-11(20-15-14-9)12(19)16(2)8-10(18)17-6-4-13-5-7-17/h13H,3-8H2,1-2H3. The van der Waals surface area contributed by atoms with Gasteiger partial charge in [0.2, 0.25) is 5.91 Å². The lowest BCUT2D eigenvalue weighted by atomic mass is 10.2. The summed E-state index contributed by atoms with van der Waals surface area (Å²) in [5.41, 5.74) is 0.696. The molecule has 2 heterocycles. The number of hydrogen-bond donors (Lipinski definition) is 1. The van der Waals surface area contributed by atoms with E-state index in [4.69, 9.17) is 0 Å². The van der Waals surface area contributed by atoms with Crippen molar-refractivity contribution in [3.63, 3.8) is 0 Å². The predicted molar refractivity (Wildman–Crippen MR) is 75.7 cm³/mol. The van der Waals surface area contributed by atoms with Gasteiger partial charge in [0, 0.05) is 33.2 Å². The summed E-state index contributed by atoms with van der Waals surface area (Å²) in [5.74, 6) is -0.196. The van der Waals surface area contributed by atoms with Crippen LogP contribution in [0.1, 0.15) is 22.3 Å². The van der Waals surface area contributed by atoms with Crippen LogP contribution in [0.15, 0.2) is 0 Å². The highest BCUT2D eigenvalue weighted by atomic mass is 32.1. The van der Waals surface area contributed by atoms with Gasteiger partial charge in [0.15, 0.2) is 0 Å². The Hall–Kier alpha value is -1.54. The van der Waals surface area contributed by atoms with Crippen molar-refractivity contribution in [3.8, 4) is 0 Å². The average Bonchev–Trinajstić information content (AvgIpc) is 2.95. The van der Waals surface area contributed by atoms with E-state index < -0.39 is 0 Å². The van der Waals surface area contributed by atoms with E-state index in [-0.39, 0.29) is 18.4 Å². The second-order valence-corrected chi connectivity index (χ2v) is 5.45. The Morgan fingerprint density at radius 1 is 1.40 bits per heavy atom. The number of carbonyl (C=O) groups excluding carboxylic acids is 2. The lowest BCUT2D eigenvalue weighted by Crippen LogP contribution is -2.49. The first-order valence-corrected chi connectivity index (χ1v) is 7.46. The van der Waals surface area contributed by atoms with Crippen molar-refractivity contribution in [1.82, 2.24) is 24.7 Å². The molecule has 8 heteroatoms. The summed E-state index contributed by atoms with van der Waals surface area (Å²) < 4.78 is 3.81. The predicted octanol–water partition coefficient (Wildman–Crippen LogP) is -0.396. The van der Waals surface area contributed by atoms with E-state index in [1.165, 1.54) is 4.90 Å². The third-order valence-corrected chi connectivity index (χ3v) is 4.03. The van der Waals surface area contributed by atoms with Gasteiger partial charge in [0.1, 0.15) is 4.88 Å². The van der Waals surface area contributed by atoms with Gasteiger partial charge in [0.05, 0.1) is 12.2 Å². The molecule has 1 saturated heterocycles.